The van der Waals surface area contributed by atoms with Crippen molar-refractivity contribution in [1.82, 2.24) is 9.78 Å². The fraction of sp³-hybridized carbons (Fsp3) is 0.118. The molecule has 0 aliphatic carbocycles. The molecule has 3 rings (SSSR count). The highest BCUT2D eigenvalue weighted by molar-refractivity contribution is 6.42. The number of aromatic nitrogens is 2. The summed E-state index contributed by atoms with van der Waals surface area (Å²) in [4.78, 5) is 25.0. The molecule has 122 valence electrons. The molecule has 1 aromatic heterocycles. The van der Waals surface area contributed by atoms with Gasteiger partial charge in [-0.05, 0) is 31.2 Å². The van der Waals surface area contributed by atoms with Gasteiger partial charge in [-0.25, -0.2) is 4.68 Å². The molecule has 24 heavy (non-hydrogen) atoms. The van der Waals surface area contributed by atoms with Crippen LogP contribution in [0.4, 0.5) is 5.69 Å². The van der Waals surface area contributed by atoms with Gasteiger partial charge in [0.1, 0.15) is 0 Å². The molecule has 0 aliphatic rings. The van der Waals surface area contributed by atoms with Crippen molar-refractivity contribution in [3.8, 4) is 0 Å². The van der Waals surface area contributed by atoms with E-state index in [-0.39, 0.29) is 11.3 Å². The first-order valence-corrected chi connectivity index (χ1v) is 8.03. The second kappa shape index (κ2) is 6.63. The Hall–Kier alpha value is -2.37. The molecule has 0 aliphatic heterocycles. The zero-order chi connectivity index (χ0) is 17.3. The quantitative estimate of drug-likeness (QED) is 0.767. The molecule has 0 radical (unpaired) electrons. The number of halogens is 2. The van der Waals surface area contributed by atoms with E-state index in [0.717, 1.165) is 0 Å². The van der Waals surface area contributed by atoms with Gasteiger partial charge < -0.3 is 5.32 Å². The highest BCUT2D eigenvalue weighted by atomic mass is 35.5. The Bertz CT molecular complexity index is 999. The van der Waals surface area contributed by atoms with E-state index in [1.165, 1.54) is 4.68 Å². The van der Waals surface area contributed by atoms with Crippen LogP contribution in [0.5, 0.6) is 0 Å². The summed E-state index contributed by atoms with van der Waals surface area (Å²) in [6.45, 7) is 2.17. The highest BCUT2D eigenvalue weighted by Gasteiger charge is 2.16. The van der Waals surface area contributed by atoms with E-state index in [2.05, 4.69) is 10.4 Å². The first-order chi connectivity index (χ1) is 11.5. The van der Waals surface area contributed by atoms with Crippen LogP contribution in [0.3, 0.4) is 0 Å². The summed E-state index contributed by atoms with van der Waals surface area (Å²) in [5.74, 6) is -0.424. The van der Waals surface area contributed by atoms with Gasteiger partial charge in [-0.15, -0.1) is 0 Å². The summed E-state index contributed by atoms with van der Waals surface area (Å²) >= 11 is 11.8. The summed E-state index contributed by atoms with van der Waals surface area (Å²) in [5, 5.41) is 8.61. The van der Waals surface area contributed by atoms with Crippen molar-refractivity contribution in [2.75, 3.05) is 5.32 Å². The topological polar surface area (TPSA) is 64.0 Å². The Labute approximate surface area is 147 Å². The number of nitrogens with one attached hydrogen (secondary N) is 1. The molecule has 0 unspecified atom stereocenters. The Morgan fingerprint density at radius 3 is 2.50 bits per heavy atom. The van der Waals surface area contributed by atoms with Gasteiger partial charge in [0.25, 0.3) is 11.5 Å². The third-order valence-corrected chi connectivity index (χ3v) is 4.30. The number of carbonyl (C=O) groups is 1. The molecule has 7 heteroatoms. The predicted molar refractivity (Wildman–Crippen MR) is 96.1 cm³/mol. The molecule has 1 heterocycles. The maximum Gasteiger partial charge on any atom is 0.276 e. The smallest absolute Gasteiger partial charge is 0.276 e. The van der Waals surface area contributed by atoms with Gasteiger partial charge in [0.15, 0.2) is 5.69 Å². The standard InChI is InChI=1S/C17H13Cl2N3O2/c1-2-22-17(24)12-6-4-3-5-11(12)15(21-22)16(23)20-10-7-8-13(18)14(19)9-10/h3-9H,2H2,1H3,(H,20,23). The second-order valence-electron chi connectivity index (χ2n) is 5.10. The third-order valence-electron chi connectivity index (χ3n) is 3.56. The van der Waals surface area contributed by atoms with Crippen molar-refractivity contribution < 1.29 is 4.79 Å². The average Bonchev–Trinajstić information content (AvgIpc) is 2.58. The summed E-state index contributed by atoms with van der Waals surface area (Å²) in [7, 11) is 0. The van der Waals surface area contributed by atoms with E-state index in [9.17, 15) is 9.59 Å². The number of rotatable bonds is 3. The van der Waals surface area contributed by atoms with Crippen LogP contribution in [-0.2, 0) is 6.54 Å². The van der Waals surface area contributed by atoms with Crippen molar-refractivity contribution in [3.05, 3.63) is 68.6 Å². The van der Waals surface area contributed by atoms with E-state index in [4.69, 9.17) is 23.2 Å². The van der Waals surface area contributed by atoms with Crippen molar-refractivity contribution in [2.45, 2.75) is 13.5 Å². The number of hydrogen-bond donors (Lipinski definition) is 1. The largest absolute Gasteiger partial charge is 0.321 e. The lowest BCUT2D eigenvalue weighted by Gasteiger charge is -2.10. The molecule has 0 fully saturated rings. The number of anilines is 1. The minimum Gasteiger partial charge on any atom is -0.321 e. The van der Waals surface area contributed by atoms with Crippen LogP contribution >= 0.6 is 23.2 Å². The Morgan fingerprint density at radius 1 is 1.12 bits per heavy atom. The molecule has 0 bridgehead atoms. The molecular formula is C17H13Cl2N3O2. The lowest BCUT2D eigenvalue weighted by molar-refractivity contribution is 0.102. The maximum absolute atomic E-state index is 12.6. The monoisotopic (exact) mass is 361 g/mol. The maximum atomic E-state index is 12.6. The molecule has 2 aromatic carbocycles. The highest BCUT2D eigenvalue weighted by Crippen LogP contribution is 2.25. The minimum absolute atomic E-state index is 0.179. The third kappa shape index (κ3) is 3.00. The fourth-order valence-electron chi connectivity index (χ4n) is 2.38. The van der Waals surface area contributed by atoms with E-state index in [1.807, 2.05) is 0 Å². The van der Waals surface area contributed by atoms with Gasteiger partial charge in [-0.3, -0.25) is 9.59 Å². The van der Waals surface area contributed by atoms with Gasteiger partial charge in [0.05, 0.1) is 15.4 Å². The van der Waals surface area contributed by atoms with E-state index in [1.54, 1.807) is 49.4 Å². The van der Waals surface area contributed by atoms with Crippen LogP contribution in [0.15, 0.2) is 47.3 Å². The van der Waals surface area contributed by atoms with E-state index >= 15 is 0 Å². The van der Waals surface area contributed by atoms with Gasteiger partial charge in [0.2, 0.25) is 0 Å². The number of aryl methyl sites for hydroxylation is 1. The normalized spacial score (nSPS) is 10.8. The zero-order valence-corrected chi connectivity index (χ0v) is 14.2. The van der Waals surface area contributed by atoms with E-state index < -0.39 is 5.91 Å². The van der Waals surface area contributed by atoms with Crippen molar-refractivity contribution in [3.63, 3.8) is 0 Å². The molecule has 0 atom stereocenters. The van der Waals surface area contributed by atoms with Crippen molar-refractivity contribution >= 4 is 45.6 Å². The Balaban J connectivity index is 2.08. The molecule has 0 spiro atoms. The van der Waals surface area contributed by atoms with Crippen molar-refractivity contribution in [1.29, 1.82) is 0 Å². The number of amides is 1. The number of fused-ring (bicyclic) bond motifs is 1. The Morgan fingerprint density at radius 2 is 1.83 bits per heavy atom. The summed E-state index contributed by atoms with van der Waals surface area (Å²) in [6.07, 6.45) is 0. The van der Waals surface area contributed by atoms with Crippen molar-refractivity contribution in [2.24, 2.45) is 0 Å². The van der Waals surface area contributed by atoms with Crippen LogP contribution in [-0.4, -0.2) is 15.7 Å². The minimum atomic E-state index is -0.424. The number of carbonyl (C=O) groups excluding carboxylic acids is 1. The fourth-order valence-corrected chi connectivity index (χ4v) is 2.68. The first kappa shape index (κ1) is 16.5. The number of nitrogens with zero attached hydrogens (tertiary/aromatic N) is 2. The lowest BCUT2D eigenvalue weighted by Crippen LogP contribution is -2.27. The molecule has 1 N–H and O–H groups in total. The second-order valence-corrected chi connectivity index (χ2v) is 5.91. The Kier molecular flexibility index (Phi) is 4.55. The van der Waals surface area contributed by atoms with Gasteiger partial charge in [0, 0.05) is 17.6 Å². The van der Waals surface area contributed by atoms with Crippen LogP contribution in [0, 0.1) is 0 Å². The van der Waals surface area contributed by atoms with Crippen LogP contribution in [0.25, 0.3) is 10.8 Å². The SMILES string of the molecule is CCn1nc(C(=O)Nc2ccc(Cl)c(Cl)c2)c2ccccc2c1=O. The van der Waals surface area contributed by atoms with E-state index in [0.29, 0.717) is 33.0 Å². The van der Waals surface area contributed by atoms with Gasteiger partial charge in [-0.2, -0.15) is 5.10 Å². The number of benzene rings is 2. The lowest BCUT2D eigenvalue weighted by atomic mass is 10.1. The molecular weight excluding hydrogens is 349 g/mol. The molecule has 0 saturated heterocycles. The summed E-state index contributed by atoms with van der Waals surface area (Å²) in [5.41, 5.74) is 0.451. The summed E-state index contributed by atoms with van der Waals surface area (Å²) in [6, 6.07) is 11.7. The molecule has 3 aromatic rings. The van der Waals surface area contributed by atoms with Gasteiger partial charge in [-0.1, -0.05) is 41.4 Å². The van der Waals surface area contributed by atoms with Crippen LogP contribution < -0.4 is 10.9 Å². The first-order valence-electron chi connectivity index (χ1n) is 7.27. The van der Waals surface area contributed by atoms with Crippen LogP contribution in [0.1, 0.15) is 17.4 Å². The molecule has 0 saturated carbocycles. The predicted octanol–water partition coefficient (Wildman–Crippen LogP) is 3.98. The number of hydrogen-bond acceptors (Lipinski definition) is 3. The molecule has 1 amide bonds. The summed E-state index contributed by atoms with van der Waals surface area (Å²) < 4.78 is 1.27. The average molecular weight is 362 g/mol. The van der Waals surface area contributed by atoms with Gasteiger partial charge >= 0.3 is 0 Å². The zero-order valence-electron chi connectivity index (χ0n) is 12.7. The molecule has 5 nitrogen and oxygen atoms in total. The van der Waals surface area contributed by atoms with Crippen LogP contribution in [0.2, 0.25) is 10.0 Å².